The lowest BCUT2D eigenvalue weighted by Crippen LogP contribution is -2.00. The Labute approximate surface area is 228 Å². The zero-order valence-corrected chi connectivity index (χ0v) is 21.2. The van der Waals surface area contributed by atoms with E-state index in [1.807, 2.05) is 121 Å². The maximum absolute atomic E-state index is 6.46. The molecule has 0 aliphatic rings. The molecule has 6 heteroatoms. The number of aromatic nitrogens is 4. The lowest BCUT2D eigenvalue weighted by atomic mass is 10.1. The highest BCUT2D eigenvalue weighted by atomic mass is 16.4. The summed E-state index contributed by atoms with van der Waals surface area (Å²) in [4.78, 5) is 19.4. The molecule has 0 bridgehead atoms. The van der Waals surface area contributed by atoms with Crippen LogP contribution in [0.4, 0.5) is 0 Å². The lowest BCUT2D eigenvalue weighted by molar-refractivity contribution is 0.622. The maximum atomic E-state index is 6.46. The summed E-state index contributed by atoms with van der Waals surface area (Å²) in [6, 6.07) is 39.7. The van der Waals surface area contributed by atoms with Gasteiger partial charge in [-0.2, -0.15) is 0 Å². The van der Waals surface area contributed by atoms with E-state index in [0.29, 0.717) is 40.1 Å². The van der Waals surface area contributed by atoms with E-state index in [1.54, 1.807) is 0 Å². The quantitative estimate of drug-likeness (QED) is 0.233. The van der Waals surface area contributed by atoms with Crippen LogP contribution in [0.3, 0.4) is 0 Å². The Morgan fingerprint density at radius 2 is 1.02 bits per heavy atom. The monoisotopic (exact) mass is 516 g/mol. The Kier molecular flexibility index (Phi) is 5.03. The minimum Gasteiger partial charge on any atom is -0.455 e. The van der Waals surface area contributed by atoms with Gasteiger partial charge in [-0.3, -0.25) is 0 Å². The second-order valence-electron chi connectivity index (χ2n) is 9.49. The molecule has 3 heterocycles. The molecule has 0 aliphatic carbocycles. The molecule has 0 saturated carbocycles. The van der Waals surface area contributed by atoms with E-state index < -0.39 is 0 Å². The molecule has 5 aromatic carbocycles. The molecule has 6 nitrogen and oxygen atoms in total. The standard InChI is InChI=1S/C34H20N4O2/c1-4-11-21(12-5-1)31-36-32(22-13-6-2-7-14-22)38-33(37-31)25-18-10-17-24-28-27(39-29(24)25)20-19-26-30(28)40-34(35-26)23-15-8-3-9-16-23/h1-20H. The average molecular weight is 517 g/mol. The van der Waals surface area contributed by atoms with E-state index >= 15 is 0 Å². The number of hydrogen-bond acceptors (Lipinski definition) is 6. The van der Waals surface area contributed by atoms with Gasteiger partial charge in [-0.25, -0.2) is 19.9 Å². The summed E-state index contributed by atoms with van der Waals surface area (Å²) in [6.45, 7) is 0. The SMILES string of the molecule is c1ccc(-c2nc(-c3ccccc3)nc(-c3cccc4c3oc3ccc5nc(-c6ccccc6)oc5c34)n2)cc1. The number of nitrogens with zero attached hydrogens (tertiary/aromatic N) is 4. The number of oxazole rings is 1. The first-order valence-electron chi connectivity index (χ1n) is 13.0. The van der Waals surface area contributed by atoms with E-state index in [2.05, 4.69) is 0 Å². The fourth-order valence-corrected chi connectivity index (χ4v) is 5.08. The average Bonchev–Trinajstić information content (AvgIpc) is 3.64. The van der Waals surface area contributed by atoms with Crippen molar-refractivity contribution >= 4 is 33.0 Å². The Balaban J connectivity index is 1.37. The number of rotatable bonds is 4. The second-order valence-corrected chi connectivity index (χ2v) is 9.49. The van der Waals surface area contributed by atoms with Crippen molar-refractivity contribution in [3.8, 4) is 45.6 Å². The van der Waals surface area contributed by atoms with Gasteiger partial charge in [0.1, 0.15) is 16.7 Å². The van der Waals surface area contributed by atoms with Crippen LogP contribution in [-0.4, -0.2) is 19.9 Å². The number of para-hydroxylation sites is 1. The molecule has 0 amide bonds. The highest BCUT2D eigenvalue weighted by Crippen LogP contribution is 2.40. The van der Waals surface area contributed by atoms with Crippen molar-refractivity contribution in [1.82, 2.24) is 19.9 Å². The van der Waals surface area contributed by atoms with Gasteiger partial charge in [0.15, 0.2) is 23.1 Å². The predicted octanol–water partition coefficient (Wildman–Crippen LogP) is 8.58. The first-order valence-corrected chi connectivity index (χ1v) is 13.0. The molecule has 3 aromatic heterocycles. The Morgan fingerprint density at radius 1 is 0.425 bits per heavy atom. The molecule has 8 rings (SSSR count). The Morgan fingerprint density at radius 3 is 1.68 bits per heavy atom. The zero-order chi connectivity index (χ0) is 26.5. The number of hydrogen-bond donors (Lipinski definition) is 0. The molecule has 0 atom stereocenters. The van der Waals surface area contributed by atoms with Crippen LogP contribution in [0.1, 0.15) is 0 Å². The van der Waals surface area contributed by atoms with Crippen LogP contribution in [0.2, 0.25) is 0 Å². The minimum absolute atomic E-state index is 0.538. The van der Waals surface area contributed by atoms with E-state index in [0.717, 1.165) is 38.5 Å². The fourth-order valence-electron chi connectivity index (χ4n) is 5.08. The summed E-state index contributed by atoms with van der Waals surface area (Å²) in [7, 11) is 0. The maximum Gasteiger partial charge on any atom is 0.227 e. The first kappa shape index (κ1) is 22.4. The molecule has 0 unspecified atom stereocenters. The van der Waals surface area contributed by atoms with Crippen LogP contribution >= 0.6 is 0 Å². The van der Waals surface area contributed by atoms with Gasteiger partial charge in [0.25, 0.3) is 0 Å². The van der Waals surface area contributed by atoms with Crippen molar-refractivity contribution in [3.63, 3.8) is 0 Å². The van der Waals surface area contributed by atoms with E-state index in [4.69, 9.17) is 28.8 Å². The molecule has 8 aromatic rings. The third-order valence-electron chi connectivity index (χ3n) is 6.98. The smallest absolute Gasteiger partial charge is 0.227 e. The first-order chi connectivity index (χ1) is 19.8. The summed E-state index contributed by atoms with van der Waals surface area (Å²) >= 11 is 0. The highest BCUT2D eigenvalue weighted by molar-refractivity contribution is 6.18. The van der Waals surface area contributed by atoms with Gasteiger partial charge in [0.2, 0.25) is 5.89 Å². The molecule has 0 aliphatic heterocycles. The van der Waals surface area contributed by atoms with E-state index in [9.17, 15) is 0 Å². The highest BCUT2D eigenvalue weighted by Gasteiger charge is 2.21. The normalized spacial score (nSPS) is 11.5. The molecule has 0 saturated heterocycles. The molecule has 0 radical (unpaired) electrons. The molecule has 0 spiro atoms. The molecule has 0 fully saturated rings. The molecule has 40 heavy (non-hydrogen) atoms. The Hall–Kier alpha value is -5.62. The Bertz CT molecular complexity index is 2090. The lowest BCUT2D eigenvalue weighted by Gasteiger charge is -2.08. The van der Waals surface area contributed by atoms with Gasteiger partial charge >= 0.3 is 0 Å². The number of fused-ring (bicyclic) bond motifs is 5. The van der Waals surface area contributed by atoms with Gasteiger partial charge in [0.05, 0.1) is 10.9 Å². The summed E-state index contributed by atoms with van der Waals surface area (Å²) in [5.41, 5.74) is 6.40. The van der Waals surface area contributed by atoms with Crippen LogP contribution in [0.5, 0.6) is 0 Å². The number of furan rings is 1. The zero-order valence-electron chi connectivity index (χ0n) is 21.2. The van der Waals surface area contributed by atoms with Crippen LogP contribution in [0, 0.1) is 0 Å². The summed E-state index contributed by atoms with van der Waals surface area (Å²) in [5.74, 6) is 2.31. The third kappa shape index (κ3) is 3.66. The number of benzene rings is 5. The summed E-state index contributed by atoms with van der Waals surface area (Å²) in [5, 5.41) is 1.79. The van der Waals surface area contributed by atoms with Gasteiger partial charge in [0, 0.05) is 22.1 Å². The van der Waals surface area contributed by atoms with E-state index in [-0.39, 0.29) is 0 Å². The van der Waals surface area contributed by atoms with Crippen molar-refractivity contribution in [2.75, 3.05) is 0 Å². The summed E-state index contributed by atoms with van der Waals surface area (Å²) in [6.07, 6.45) is 0. The van der Waals surface area contributed by atoms with Crippen molar-refractivity contribution in [2.24, 2.45) is 0 Å². The molecule has 188 valence electrons. The van der Waals surface area contributed by atoms with Crippen molar-refractivity contribution < 1.29 is 8.83 Å². The van der Waals surface area contributed by atoms with Gasteiger partial charge in [-0.05, 0) is 30.3 Å². The topological polar surface area (TPSA) is 77.8 Å². The van der Waals surface area contributed by atoms with Crippen LogP contribution < -0.4 is 0 Å². The minimum atomic E-state index is 0.538. The van der Waals surface area contributed by atoms with Gasteiger partial charge in [-0.15, -0.1) is 0 Å². The fraction of sp³-hybridized carbons (Fsp3) is 0. The predicted molar refractivity (Wildman–Crippen MR) is 156 cm³/mol. The van der Waals surface area contributed by atoms with Crippen LogP contribution in [0.15, 0.2) is 130 Å². The molecular formula is C34H20N4O2. The molecule has 0 N–H and O–H groups in total. The second kappa shape index (κ2) is 8.99. The van der Waals surface area contributed by atoms with Crippen LogP contribution in [0.25, 0.3) is 78.7 Å². The van der Waals surface area contributed by atoms with Crippen LogP contribution in [-0.2, 0) is 0 Å². The van der Waals surface area contributed by atoms with Crippen molar-refractivity contribution in [3.05, 3.63) is 121 Å². The van der Waals surface area contributed by atoms with Gasteiger partial charge < -0.3 is 8.83 Å². The van der Waals surface area contributed by atoms with Gasteiger partial charge in [-0.1, -0.05) is 91.0 Å². The summed E-state index contributed by atoms with van der Waals surface area (Å²) < 4.78 is 12.8. The molecular weight excluding hydrogens is 496 g/mol. The van der Waals surface area contributed by atoms with Crippen molar-refractivity contribution in [2.45, 2.75) is 0 Å². The van der Waals surface area contributed by atoms with E-state index in [1.165, 1.54) is 0 Å². The largest absolute Gasteiger partial charge is 0.455 e. The third-order valence-corrected chi connectivity index (χ3v) is 6.98. The van der Waals surface area contributed by atoms with Crippen molar-refractivity contribution in [1.29, 1.82) is 0 Å².